The highest BCUT2D eigenvalue weighted by atomic mass is 19.1. The van der Waals surface area contributed by atoms with Crippen molar-refractivity contribution < 1.29 is 14.0 Å². The number of nitrogens with zero attached hydrogens (tertiary/aromatic N) is 1. The third-order valence-electron chi connectivity index (χ3n) is 4.37. The predicted octanol–water partition coefficient (Wildman–Crippen LogP) is 3.70. The van der Waals surface area contributed by atoms with E-state index in [0.717, 1.165) is 5.56 Å². The van der Waals surface area contributed by atoms with E-state index in [0.29, 0.717) is 12.0 Å². The van der Waals surface area contributed by atoms with Crippen LogP contribution in [0.25, 0.3) is 0 Å². The summed E-state index contributed by atoms with van der Waals surface area (Å²) in [5.74, 6) is -0.794. The summed E-state index contributed by atoms with van der Waals surface area (Å²) in [5.41, 5.74) is 1.45. The van der Waals surface area contributed by atoms with Crippen LogP contribution in [0.2, 0.25) is 0 Å². The summed E-state index contributed by atoms with van der Waals surface area (Å²) in [7, 11) is 0. The molecule has 0 aliphatic heterocycles. The molecule has 144 valence electrons. The van der Waals surface area contributed by atoms with E-state index >= 15 is 0 Å². The van der Waals surface area contributed by atoms with E-state index in [1.165, 1.54) is 11.0 Å². The van der Waals surface area contributed by atoms with E-state index in [2.05, 4.69) is 5.32 Å². The number of nitrogens with one attached hydrogen (secondary N) is 1. The lowest BCUT2D eigenvalue weighted by molar-refractivity contribution is -0.140. The van der Waals surface area contributed by atoms with Gasteiger partial charge in [-0.3, -0.25) is 9.59 Å². The fraction of sp³-hybridized carbons (Fsp3) is 0.364. The highest BCUT2D eigenvalue weighted by Crippen LogP contribution is 2.15. The Morgan fingerprint density at radius 1 is 1.00 bits per heavy atom. The molecule has 1 N–H and O–H groups in total. The van der Waals surface area contributed by atoms with Crippen LogP contribution < -0.4 is 5.32 Å². The molecule has 0 radical (unpaired) electrons. The van der Waals surface area contributed by atoms with Crippen LogP contribution in [0.4, 0.5) is 4.39 Å². The quantitative estimate of drug-likeness (QED) is 0.770. The van der Waals surface area contributed by atoms with Crippen LogP contribution in [0.1, 0.15) is 38.3 Å². The van der Waals surface area contributed by atoms with Crippen molar-refractivity contribution in [2.24, 2.45) is 0 Å². The molecule has 0 bridgehead atoms. The molecule has 2 rings (SSSR count). The van der Waals surface area contributed by atoms with Crippen LogP contribution in [-0.2, 0) is 22.6 Å². The van der Waals surface area contributed by atoms with Crippen molar-refractivity contribution in [2.75, 3.05) is 0 Å². The molecule has 0 aliphatic rings. The number of aryl methyl sites for hydroxylation is 1. The zero-order chi connectivity index (χ0) is 19.8. The SMILES string of the molecule is CC(C)NC(=O)[C@@H](C)N(Cc1ccccc1F)C(=O)CCc1ccccc1. The van der Waals surface area contributed by atoms with Gasteiger partial charge in [0.15, 0.2) is 0 Å². The van der Waals surface area contributed by atoms with Gasteiger partial charge in [-0.1, -0.05) is 48.5 Å². The average molecular weight is 370 g/mol. The minimum atomic E-state index is -0.685. The van der Waals surface area contributed by atoms with E-state index in [-0.39, 0.29) is 36.6 Å². The molecule has 0 heterocycles. The van der Waals surface area contributed by atoms with Gasteiger partial charge in [0.25, 0.3) is 0 Å². The second kappa shape index (κ2) is 9.86. The summed E-state index contributed by atoms with van der Waals surface area (Å²) in [5, 5.41) is 2.83. The normalized spacial score (nSPS) is 11.9. The molecule has 1 atom stereocenters. The Labute approximate surface area is 160 Å². The van der Waals surface area contributed by atoms with E-state index < -0.39 is 6.04 Å². The summed E-state index contributed by atoms with van der Waals surface area (Å²) < 4.78 is 14.1. The van der Waals surface area contributed by atoms with Gasteiger partial charge in [0, 0.05) is 24.6 Å². The first-order valence-corrected chi connectivity index (χ1v) is 9.25. The molecule has 0 saturated carbocycles. The monoisotopic (exact) mass is 370 g/mol. The van der Waals surface area contributed by atoms with Crippen molar-refractivity contribution in [3.8, 4) is 0 Å². The zero-order valence-corrected chi connectivity index (χ0v) is 16.1. The molecule has 2 aromatic carbocycles. The average Bonchev–Trinajstić information content (AvgIpc) is 2.65. The highest BCUT2D eigenvalue weighted by molar-refractivity contribution is 5.87. The Morgan fingerprint density at radius 3 is 2.26 bits per heavy atom. The Balaban J connectivity index is 2.15. The first-order valence-electron chi connectivity index (χ1n) is 9.25. The Bertz CT molecular complexity index is 762. The minimum Gasteiger partial charge on any atom is -0.352 e. The van der Waals surface area contributed by atoms with E-state index in [4.69, 9.17) is 0 Å². The summed E-state index contributed by atoms with van der Waals surface area (Å²) in [6.07, 6.45) is 0.837. The summed E-state index contributed by atoms with van der Waals surface area (Å²) in [4.78, 5) is 26.8. The van der Waals surface area contributed by atoms with Crippen LogP contribution in [0.15, 0.2) is 54.6 Å². The van der Waals surface area contributed by atoms with Crippen LogP contribution in [0.3, 0.4) is 0 Å². The molecule has 4 nitrogen and oxygen atoms in total. The smallest absolute Gasteiger partial charge is 0.242 e. The van der Waals surface area contributed by atoms with Crippen LogP contribution in [-0.4, -0.2) is 28.8 Å². The molecule has 0 aliphatic carbocycles. The standard InChI is InChI=1S/C22H27FN2O2/c1-16(2)24-22(27)17(3)25(15-19-11-7-8-12-20(19)23)21(26)14-13-18-9-5-4-6-10-18/h4-12,16-17H,13-15H2,1-3H3,(H,24,27)/t17-/m1/s1. The number of hydrogen-bond acceptors (Lipinski definition) is 2. The van der Waals surface area contributed by atoms with Gasteiger partial charge in [-0.25, -0.2) is 4.39 Å². The second-order valence-electron chi connectivity index (χ2n) is 6.94. The molecule has 0 unspecified atom stereocenters. The van der Waals surface area contributed by atoms with Crippen molar-refractivity contribution in [1.29, 1.82) is 0 Å². The molecule has 2 amide bonds. The van der Waals surface area contributed by atoms with Gasteiger partial charge in [0.05, 0.1) is 0 Å². The van der Waals surface area contributed by atoms with Crippen LogP contribution >= 0.6 is 0 Å². The lowest BCUT2D eigenvalue weighted by atomic mass is 10.1. The lowest BCUT2D eigenvalue weighted by Crippen LogP contribution is -2.49. The van der Waals surface area contributed by atoms with E-state index in [9.17, 15) is 14.0 Å². The first-order chi connectivity index (χ1) is 12.9. The molecular formula is C22H27FN2O2. The summed E-state index contributed by atoms with van der Waals surface area (Å²) in [6, 6.07) is 15.3. The number of amides is 2. The van der Waals surface area contributed by atoms with Gasteiger partial charge in [-0.05, 0) is 38.8 Å². The minimum absolute atomic E-state index is 0.0327. The molecule has 5 heteroatoms. The van der Waals surface area contributed by atoms with Gasteiger partial charge in [0.2, 0.25) is 11.8 Å². The van der Waals surface area contributed by atoms with Gasteiger partial charge >= 0.3 is 0 Å². The van der Waals surface area contributed by atoms with Crippen LogP contribution in [0.5, 0.6) is 0 Å². The second-order valence-corrected chi connectivity index (χ2v) is 6.94. The maximum absolute atomic E-state index is 14.1. The van der Waals surface area contributed by atoms with E-state index in [1.54, 1.807) is 25.1 Å². The Hall–Kier alpha value is -2.69. The van der Waals surface area contributed by atoms with Gasteiger partial charge in [-0.2, -0.15) is 0 Å². The third kappa shape index (κ3) is 6.20. The lowest BCUT2D eigenvalue weighted by Gasteiger charge is -2.29. The molecule has 0 saturated heterocycles. The van der Waals surface area contributed by atoms with Crippen molar-refractivity contribution >= 4 is 11.8 Å². The van der Waals surface area contributed by atoms with Crippen LogP contribution in [0, 0.1) is 5.82 Å². The third-order valence-corrected chi connectivity index (χ3v) is 4.37. The molecule has 0 aromatic heterocycles. The van der Waals surface area contributed by atoms with E-state index in [1.807, 2.05) is 44.2 Å². The van der Waals surface area contributed by atoms with Crippen molar-refractivity contribution in [3.63, 3.8) is 0 Å². The summed E-state index contributed by atoms with van der Waals surface area (Å²) >= 11 is 0. The number of halogens is 1. The molecule has 27 heavy (non-hydrogen) atoms. The topological polar surface area (TPSA) is 49.4 Å². The highest BCUT2D eigenvalue weighted by Gasteiger charge is 2.26. The maximum atomic E-state index is 14.1. The molecule has 2 aromatic rings. The Kier molecular flexibility index (Phi) is 7.53. The number of hydrogen-bond donors (Lipinski definition) is 1. The van der Waals surface area contributed by atoms with Gasteiger partial charge in [0.1, 0.15) is 11.9 Å². The van der Waals surface area contributed by atoms with Gasteiger partial charge < -0.3 is 10.2 Å². The first kappa shape index (κ1) is 20.6. The maximum Gasteiger partial charge on any atom is 0.242 e. The molecule has 0 fully saturated rings. The van der Waals surface area contributed by atoms with Crippen molar-refractivity contribution in [3.05, 3.63) is 71.5 Å². The molecular weight excluding hydrogens is 343 g/mol. The molecule has 0 spiro atoms. The van der Waals surface area contributed by atoms with Crippen molar-refractivity contribution in [2.45, 2.75) is 52.2 Å². The van der Waals surface area contributed by atoms with Crippen molar-refractivity contribution in [1.82, 2.24) is 10.2 Å². The number of carbonyl (C=O) groups is 2. The summed E-state index contributed by atoms with van der Waals surface area (Å²) in [6.45, 7) is 5.47. The Morgan fingerprint density at radius 2 is 1.63 bits per heavy atom. The number of carbonyl (C=O) groups excluding carboxylic acids is 2. The van der Waals surface area contributed by atoms with Gasteiger partial charge in [-0.15, -0.1) is 0 Å². The zero-order valence-electron chi connectivity index (χ0n) is 16.1. The number of benzene rings is 2. The number of rotatable bonds is 8. The predicted molar refractivity (Wildman–Crippen MR) is 104 cm³/mol. The fourth-order valence-electron chi connectivity index (χ4n) is 2.84. The fourth-order valence-corrected chi connectivity index (χ4v) is 2.84. The largest absolute Gasteiger partial charge is 0.352 e.